The zero-order valence-electron chi connectivity index (χ0n) is 12.8. The monoisotopic (exact) mass is 297 g/mol. The highest BCUT2D eigenvalue weighted by Crippen LogP contribution is 2.39. The number of rotatable bonds is 5. The van der Waals surface area contributed by atoms with Gasteiger partial charge in [0, 0.05) is 17.8 Å². The number of thioether (sulfide) groups is 1. The molecule has 0 saturated carbocycles. The van der Waals surface area contributed by atoms with Crippen LogP contribution in [0.5, 0.6) is 0 Å². The lowest BCUT2D eigenvalue weighted by Gasteiger charge is -2.50. The van der Waals surface area contributed by atoms with Gasteiger partial charge in [-0.3, -0.25) is 4.90 Å². The number of likely N-dealkylation sites (tertiary alicyclic amines) is 1. The van der Waals surface area contributed by atoms with Gasteiger partial charge in [-0.05, 0) is 23.8 Å². The molecular weight excluding hydrogens is 274 g/mol. The lowest BCUT2D eigenvalue weighted by atomic mass is 9.91. The molecule has 2 heteroatoms. The summed E-state index contributed by atoms with van der Waals surface area (Å²) in [6.45, 7) is 5.82. The van der Waals surface area contributed by atoms with Gasteiger partial charge in [0.25, 0.3) is 0 Å². The first kappa shape index (κ1) is 14.7. The highest BCUT2D eigenvalue weighted by atomic mass is 32.2. The van der Waals surface area contributed by atoms with Crippen molar-refractivity contribution >= 4 is 11.8 Å². The molecule has 1 heterocycles. The number of nitrogens with zero attached hydrogens (tertiary/aromatic N) is 1. The van der Waals surface area contributed by atoms with E-state index in [1.54, 1.807) is 0 Å². The summed E-state index contributed by atoms with van der Waals surface area (Å²) in [5.41, 5.74) is 2.80. The third kappa shape index (κ3) is 3.02. The fraction of sp³-hybridized carbons (Fsp3) is 0.368. The molecular formula is C19H23NS. The molecule has 0 amide bonds. The van der Waals surface area contributed by atoms with E-state index in [4.69, 9.17) is 0 Å². The molecule has 1 aliphatic rings. The minimum Gasteiger partial charge on any atom is -0.287 e. The van der Waals surface area contributed by atoms with E-state index in [1.165, 1.54) is 23.4 Å². The SMILES string of the molecule is CCS[C@H]1CN(C(c2ccccc2)c2ccccc2)[C@@H]1C. The average molecular weight is 297 g/mol. The second-order valence-electron chi connectivity index (χ2n) is 5.66. The van der Waals surface area contributed by atoms with Crippen LogP contribution in [-0.4, -0.2) is 28.5 Å². The van der Waals surface area contributed by atoms with Crippen LogP contribution in [0.25, 0.3) is 0 Å². The molecule has 1 aliphatic heterocycles. The van der Waals surface area contributed by atoms with E-state index in [0.717, 1.165) is 5.25 Å². The zero-order chi connectivity index (χ0) is 14.7. The van der Waals surface area contributed by atoms with Crippen molar-refractivity contribution in [1.29, 1.82) is 0 Å². The molecule has 2 aromatic carbocycles. The number of hydrogen-bond donors (Lipinski definition) is 0. The van der Waals surface area contributed by atoms with Crippen molar-refractivity contribution in [2.75, 3.05) is 12.3 Å². The molecule has 2 atom stereocenters. The second kappa shape index (κ2) is 6.67. The first-order chi connectivity index (χ1) is 10.3. The Balaban J connectivity index is 1.88. The summed E-state index contributed by atoms with van der Waals surface area (Å²) in [6, 6.07) is 22.8. The molecule has 0 spiro atoms. The van der Waals surface area contributed by atoms with Gasteiger partial charge in [0.15, 0.2) is 0 Å². The number of benzene rings is 2. The van der Waals surface area contributed by atoms with Gasteiger partial charge in [-0.25, -0.2) is 0 Å². The quantitative estimate of drug-likeness (QED) is 0.793. The van der Waals surface area contributed by atoms with Gasteiger partial charge in [0.1, 0.15) is 0 Å². The molecule has 2 aromatic rings. The maximum Gasteiger partial charge on any atom is 0.0604 e. The summed E-state index contributed by atoms with van der Waals surface area (Å²) in [5.74, 6) is 1.21. The predicted octanol–water partition coefficient (Wildman–Crippen LogP) is 4.60. The third-order valence-electron chi connectivity index (χ3n) is 4.39. The Bertz CT molecular complexity index is 515. The molecule has 0 N–H and O–H groups in total. The van der Waals surface area contributed by atoms with E-state index < -0.39 is 0 Å². The molecule has 110 valence electrons. The molecule has 3 rings (SSSR count). The Morgan fingerprint density at radius 3 is 1.95 bits per heavy atom. The van der Waals surface area contributed by atoms with Crippen LogP contribution >= 0.6 is 11.8 Å². The van der Waals surface area contributed by atoms with Gasteiger partial charge in [0.2, 0.25) is 0 Å². The minimum atomic E-state index is 0.385. The summed E-state index contributed by atoms with van der Waals surface area (Å²) < 4.78 is 0. The third-order valence-corrected chi connectivity index (χ3v) is 5.70. The Labute approximate surface area is 132 Å². The first-order valence-corrected chi connectivity index (χ1v) is 8.83. The summed E-state index contributed by atoms with van der Waals surface area (Å²) >= 11 is 2.10. The van der Waals surface area contributed by atoms with Crippen LogP contribution in [0.2, 0.25) is 0 Å². The molecule has 0 unspecified atom stereocenters. The van der Waals surface area contributed by atoms with Crippen molar-refractivity contribution < 1.29 is 0 Å². The fourth-order valence-corrected chi connectivity index (χ4v) is 4.34. The van der Waals surface area contributed by atoms with Crippen LogP contribution in [0.4, 0.5) is 0 Å². The predicted molar refractivity (Wildman–Crippen MR) is 92.8 cm³/mol. The number of hydrogen-bond acceptors (Lipinski definition) is 2. The molecule has 1 saturated heterocycles. The fourth-order valence-electron chi connectivity index (χ4n) is 3.19. The molecule has 1 nitrogen and oxygen atoms in total. The molecule has 21 heavy (non-hydrogen) atoms. The maximum atomic E-state index is 2.64. The lowest BCUT2D eigenvalue weighted by molar-refractivity contribution is 0.0787. The lowest BCUT2D eigenvalue weighted by Crippen LogP contribution is -2.58. The summed E-state index contributed by atoms with van der Waals surface area (Å²) in [7, 11) is 0. The Morgan fingerprint density at radius 2 is 1.52 bits per heavy atom. The summed E-state index contributed by atoms with van der Waals surface area (Å²) in [6.07, 6.45) is 0. The molecule has 0 aromatic heterocycles. The van der Waals surface area contributed by atoms with Crippen molar-refractivity contribution in [2.24, 2.45) is 0 Å². The van der Waals surface area contributed by atoms with Crippen LogP contribution in [0.1, 0.15) is 31.0 Å². The van der Waals surface area contributed by atoms with Crippen molar-refractivity contribution in [3.05, 3.63) is 71.8 Å². The van der Waals surface area contributed by atoms with Gasteiger partial charge >= 0.3 is 0 Å². The molecule has 0 bridgehead atoms. The van der Waals surface area contributed by atoms with E-state index in [0.29, 0.717) is 12.1 Å². The normalized spacial score (nSPS) is 22.2. The Morgan fingerprint density at radius 1 is 1.00 bits per heavy atom. The summed E-state index contributed by atoms with van der Waals surface area (Å²) in [4.78, 5) is 2.64. The highest BCUT2D eigenvalue weighted by Gasteiger charge is 2.40. The van der Waals surface area contributed by atoms with Crippen molar-refractivity contribution in [3.8, 4) is 0 Å². The Kier molecular flexibility index (Phi) is 4.67. The second-order valence-corrected chi connectivity index (χ2v) is 7.17. The van der Waals surface area contributed by atoms with Crippen LogP contribution in [-0.2, 0) is 0 Å². The van der Waals surface area contributed by atoms with Crippen LogP contribution < -0.4 is 0 Å². The largest absolute Gasteiger partial charge is 0.287 e. The van der Waals surface area contributed by atoms with Gasteiger partial charge in [0.05, 0.1) is 6.04 Å². The molecule has 0 aliphatic carbocycles. The van der Waals surface area contributed by atoms with Gasteiger partial charge < -0.3 is 0 Å². The van der Waals surface area contributed by atoms with Crippen LogP contribution in [0.15, 0.2) is 60.7 Å². The van der Waals surface area contributed by atoms with Crippen molar-refractivity contribution in [2.45, 2.75) is 31.2 Å². The van der Waals surface area contributed by atoms with Crippen molar-refractivity contribution in [1.82, 2.24) is 4.90 Å². The standard InChI is InChI=1S/C19H23NS/c1-3-21-18-14-20(15(18)2)19(16-10-6-4-7-11-16)17-12-8-5-9-13-17/h4-13,15,18-19H,3,14H2,1-2H3/t15-,18+/m1/s1. The van der Waals surface area contributed by atoms with Crippen LogP contribution in [0, 0.1) is 0 Å². The smallest absolute Gasteiger partial charge is 0.0604 e. The van der Waals surface area contributed by atoms with Crippen molar-refractivity contribution in [3.63, 3.8) is 0 Å². The van der Waals surface area contributed by atoms with Gasteiger partial charge in [-0.2, -0.15) is 11.8 Å². The van der Waals surface area contributed by atoms with Crippen LogP contribution in [0.3, 0.4) is 0 Å². The van der Waals surface area contributed by atoms with E-state index in [1.807, 2.05) is 0 Å². The van der Waals surface area contributed by atoms with Gasteiger partial charge in [-0.15, -0.1) is 0 Å². The van der Waals surface area contributed by atoms with E-state index in [-0.39, 0.29) is 0 Å². The highest BCUT2D eigenvalue weighted by molar-refractivity contribution is 8.00. The van der Waals surface area contributed by atoms with E-state index >= 15 is 0 Å². The molecule has 0 radical (unpaired) electrons. The average Bonchev–Trinajstić information content (AvgIpc) is 2.55. The summed E-state index contributed by atoms with van der Waals surface area (Å²) in [5, 5.41) is 0.782. The van der Waals surface area contributed by atoms with E-state index in [2.05, 4.69) is 91.2 Å². The topological polar surface area (TPSA) is 3.24 Å². The Hall–Kier alpha value is -1.25. The minimum absolute atomic E-state index is 0.385. The van der Waals surface area contributed by atoms with E-state index in [9.17, 15) is 0 Å². The first-order valence-electron chi connectivity index (χ1n) is 7.78. The molecule has 1 fully saturated rings. The maximum absolute atomic E-state index is 2.64. The van der Waals surface area contributed by atoms with Gasteiger partial charge in [-0.1, -0.05) is 67.6 Å². The zero-order valence-corrected chi connectivity index (χ0v) is 13.6.